The van der Waals surface area contributed by atoms with Gasteiger partial charge in [0.25, 0.3) is 0 Å². The Bertz CT molecular complexity index is 1090. The molecule has 0 spiro atoms. The standard InChI is InChI=1S/C23H28FN3O4S/c1-16-6-11-21(17(2)15-16)26-23(29)22(28)25-13-12-19-5-3-4-14-27(19)32(30,31)20-9-7-18(24)8-10-20/h6-11,15,19H,3-5,12-14H2,1-2H3,(H,25,28)(H,26,29). The van der Waals surface area contributed by atoms with Crippen molar-refractivity contribution in [3.63, 3.8) is 0 Å². The molecule has 1 unspecified atom stereocenters. The molecule has 172 valence electrons. The van der Waals surface area contributed by atoms with Crippen LogP contribution in [-0.2, 0) is 19.6 Å². The summed E-state index contributed by atoms with van der Waals surface area (Å²) in [6.07, 6.45) is 2.65. The van der Waals surface area contributed by atoms with Gasteiger partial charge in [0.1, 0.15) is 5.82 Å². The van der Waals surface area contributed by atoms with E-state index in [0.29, 0.717) is 25.1 Å². The number of aryl methyl sites for hydroxylation is 2. The minimum absolute atomic E-state index is 0.0441. The minimum Gasteiger partial charge on any atom is -0.348 e. The Kier molecular flexibility index (Phi) is 7.63. The Balaban J connectivity index is 1.58. The van der Waals surface area contributed by atoms with Crippen LogP contribution >= 0.6 is 0 Å². The first-order valence-corrected chi connectivity index (χ1v) is 12.1. The molecule has 9 heteroatoms. The van der Waals surface area contributed by atoms with Crippen LogP contribution in [0.3, 0.4) is 0 Å². The van der Waals surface area contributed by atoms with Crippen LogP contribution in [0.5, 0.6) is 0 Å². The van der Waals surface area contributed by atoms with E-state index in [9.17, 15) is 22.4 Å². The maximum absolute atomic E-state index is 13.2. The number of halogens is 1. The molecule has 0 bridgehead atoms. The lowest BCUT2D eigenvalue weighted by Gasteiger charge is -2.34. The lowest BCUT2D eigenvalue weighted by Crippen LogP contribution is -2.45. The zero-order chi connectivity index (χ0) is 23.3. The smallest absolute Gasteiger partial charge is 0.313 e. The van der Waals surface area contributed by atoms with Crippen LogP contribution < -0.4 is 10.6 Å². The second-order valence-electron chi connectivity index (χ2n) is 8.04. The topological polar surface area (TPSA) is 95.6 Å². The molecule has 1 saturated heterocycles. The van der Waals surface area contributed by atoms with Crippen molar-refractivity contribution >= 4 is 27.5 Å². The average Bonchev–Trinajstić information content (AvgIpc) is 2.76. The lowest BCUT2D eigenvalue weighted by atomic mass is 10.0. The zero-order valence-electron chi connectivity index (χ0n) is 18.2. The fourth-order valence-corrected chi connectivity index (χ4v) is 5.61. The molecule has 2 aromatic carbocycles. The number of carbonyl (C=O) groups excluding carboxylic acids is 2. The molecule has 3 rings (SSSR count). The molecular weight excluding hydrogens is 433 g/mol. The summed E-state index contributed by atoms with van der Waals surface area (Å²) in [6.45, 7) is 4.32. The Morgan fingerprint density at radius 2 is 1.78 bits per heavy atom. The summed E-state index contributed by atoms with van der Waals surface area (Å²) in [6, 6.07) is 9.97. The van der Waals surface area contributed by atoms with Gasteiger partial charge in [-0.3, -0.25) is 9.59 Å². The Hall–Kier alpha value is -2.78. The third kappa shape index (κ3) is 5.72. The second-order valence-corrected chi connectivity index (χ2v) is 9.93. The van der Waals surface area contributed by atoms with Crippen LogP contribution in [-0.4, -0.2) is 43.7 Å². The van der Waals surface area contributed by atoms with Crippen molar-refractivity contribution in [2.75, 3.05) is 18.4 Å². The van der Waals surface area contributed by atoms with Crippen LogP contribution in [0.25, 0.3) is 0 Å². The van der Waals surface area contributed by atoms with Gasteiger partial charge in [-0.15, -0.1) is 0 Å². The fourth-order valence-electron chi connectivity index (χ4n) is 3.89. The van der Waals surface area contributed by atoms with E-state index < -0.39 is 27.7 Å². The number of hydrogen-bond donors (Lipinski definition) is 2. The largest absolute Gasteiger partial charge is 0.348 e. The van der Waals surface area contributed by atoms with Crippen LogP contribution in [0.2, 0.25) is 0 Å². The number of nitrogens with one attached hydrogen (secondary N) is 2. The highest BCUT2D eigenvalue weighted by molar-refractivity contribution is 7.89. The first-order chi connectivity index (χ1) is 15.2. The van der Waals surface area contributed by atoms with E-state index in [0.717, 1.165) is 36.1 Å². The van der Waals surface area contributed by atoms with Gasteiger partial charge < -0.3 is 10.6 Å². The van der Waals surface area contributed by atoms with E-state index in [1.165, 1.54) is 16.4 Å². The highest BCUT2D eigenvalue weighted by atomic mass is 32.2. The average molecular weight is 462 g/mol. The van der Waals surface area contributed by atoms with Gasteiger partial charge in [0.15, 0.2) is 0 Å². The highest BCUT2D eigenvalue weighted by Gasteiger charge is 2.33. The van der Waals surface area contributed by atoms with Crippen molar-refractivity contribution in [3.8, 4) is 0 Å². The number of anilines is 1. The first kappa shape index (κ1) is 23.9. The lowest BCUT2D eigenvalue weighted by molar-refractivity contribution is -0.136. The van der Waals surface area contributed by atoms with Crippen LogP contribution in [0, 0.1) is 19.7 Å². The van der Waals surface area contributed by atoms with Crippen molar-refractivity contribution in [3.05, 3.63) is 59.4 Å². The summed E-state index contributed by atoms with van der Waals surface area (Å²) >= 11 is 0. The normalized spacial score (nSPS) is 17.0. The van der Waals surface area contributed by atoms with Gasteiger partial charge in [-0.05, 0) is 69.0 Å². The molecule has 0 radical (unpaired) electrons. The van der Waals surface area contributed by atoms with Crippen LogP contribution in [0.15, 0.2) is 47.4 Å². The van der Waals surface area contributed by atoms with E-state index in [1.54, 1.807) is 6.07 Å². The maximum atomic E-state index is 13.2. The molecule has 2 aromatic rings. The number of piperidine rings is 1. The van der Waals surface area contributed by atoms with E-state index in [1.807, 2.05) is 26.0 Å². The van der Waals surface area contributed by atoms with E-state index in [-0.39, 0.29) is 17.5 Å². The van der Waals surface area contributed by atoms with Crippen molar-refractivity contribution < 1.29 is 22.4 Å². The summed E-state index contributed by atoms with van der Waals surface area (Å²) in [5, 5.41) is 5.17. The molecule has 0 aliphatic carbocycles. The third-order valence-electron chi connectivity index (χ3n) is 5.59. The first-order valence-electron chi connectivity index (χ1n) is 10.6. The van der Waals surface area contributed by atoms with Crippen LogP contribution in [0.1, 0.15) is 36.8 Å². The third-order valence-corrected chi connectivity index (χ3v) is 7.56. The maximum Gasteiger partial charge on any atom is 0.313 e. The number of nitrogens with zero attached hydrogens (tertiary/aromatic N) is 1. The molecule has 2 amide bonds. The molecule has 0 aromatic heterocycles. The predicted octanol–water partition coefficient (Wildman–Crippen LogP) is 3.13. The monoisotopic (exact) mass is 461 g/mol. The van der Waals surface area contributed by atoms with Crippen molar-refractivity contribution in [2.24, 2.45) is 0 Å². The molecule has 1 heterocycles. The summed E-state index contributed by atoms with van der Waals surface area (Å²) in [5.74, 6) is -2.04. The Morgan fingerprint density at radius 1 is 1.06 bits per heavy atom. The molecule has 2 N–H and O–H groups in total. The number of rotatable bonds is 6. The number of benzene rings is 2. The predicted molar refractivity (Wildman–Crippen MR) is 120 cm³/mol. The van der Waals surface area contributed by atoms with Gasteiger partial charge in [0, 0.05) is 24.8 Å². The van der Waals surface area contributed by atoms with E-state index >= 15 is 0 Å². The fraction of sp³-hybridized carbons (Fsp3) is 0.391. The van der Waals surface area contributed by atoms with Crippen molar-refractivity contribution in [1.29, 1.82) is 0 Å². The van der Waals surface area contributed by atoms with Crippen molar-refractivity contribution in [1.82, 2.24) is 9.62 Å². The molecule has 1 atom stereocenters. The van der Waals surface area contributed by atoms with E-state index in [4.69, 9.17) is 0 Å². The van der Waals surface area contributed by atoms with Crippen molar-refractivity contribution in [2.45, 2.75) is 50.5 Å². The summed E-state index contributed by atoms with van der Waals surface area (Å²) in [5.41, 5.74) is 2.48. The van der Waals surface area contributed by atoms with Crippen LogP contribution in [0.4, 0.5) is 10.1 Å². The Morgan fingerprint density at radius 3 is 2.47 bits per heavy atom. The number of hydrogen-bond acceptors (Lipinski definition) is 4. The van der Waals surface area contributed by atoms with Gasteiger partial charge in [-0.1, -0.05) is 24.1 Å². The number of sulfonamides is 1. The summed E-state index contributed by atoms with van der Waals surface area (Å²) < 4.78 is 40.7. The van der Waals surface area contributed by atoms with E-state index in [2.05, 4.69) is 10.6 Å². The van der Waals surface area contributed by atoms with Gasteiger partial charge >= 0.3 is 11.8 Å². The second kappa shape index (κ2) is 10.2. The number of amides is 2. The minimum atomic E-state index is -3.77. The molecule has 1 fully saturated rings. The number of carbonyl (C=O) groups is 2. The molecule has 1 aliphatic rings. The van der Waals surface area contributed by atoms with Gasteiger partial charge in [0.2, 0.25) is 10.0 Å². The molecule has 0 saturated carbocycles. The molecular formula is C23H28FN3O4S. The van der Waals surface area contributed by atoms with Gasteiger partial charge in [-0.25, -0.2) is 12.8 Å². The van der Waals surface area contributed by atoms with Gasteiger partial charge in [0.05, 0.1) is 4.90 Å². The quantitative estimate of drug-likeness (QED) is 0.646. The summed E-state index contributed by atoms with van der Waals surface area (Å²) in [4.78, 5) is 24.5. The highest BCUT2D eigenvalue weighted by Crippen LogP contribution is 2.27. The summed E-state index contributed by atoms with van der Waals surface area (Å²) in [7, 11) is -3.77. The zero-order valence-corrected chi connectivity index (χ0v) is 19.0. The van der Waals surface area contributed by atoms with Gasteiger partial charge in [-0.2, -0.15) is 4.31 Å². The molecule has 32 heavy (non-hydrogen) atoms. The molecule has 1 aliphatic heterocycles. The Labute approximate surface area is 188 Å². The molecule has 7 nitrogen and oxygen atoms in total. The SMILES string of the molecule is Cc1ccc(NC(=O)C(=O)NCCC2CCCCN2S(=O)(=O)c2ccc(F)cc2)c(C)c1.